The highest BCUT2D eigenvalue weighted by Gasteiger charge is 2.39. The van der Waals surface area contributed by atoms with E-state index in [-0.39, 0.29) is 55.4 Å². The SMILES string of the molecule is CN1C(=O)c2cc(NC(=O)Cc3ccccc3)ccc2OC[C@H]2O[C@@H](CC(=O)NCc3ccc(Cl)cc3)CC[C@@H]21. The highest BCUT2D eigenvalue weighted by molar-refractivity contribution is 6.30. The molecule has 208 valence electrons. The number of rotatable bonds is 7. The van der Waals surface area contributed by atoms with Gasteiger partial charge in [-0.2, -0.15) is 0 Å². The first kappa shape index (κ1) is 27.7. The molecule has 2 N–H and O–H groups in total. The summed E-state index contributed by atoms with van der Waals surface area (Å²) in [6.45, 7) is 0.665. The molecule has 3 aromatic rings. The van der Waals surface area contributed by atoms with Crippen LogP contribution in [0.5, 0.6) is 5.75 Å². The summed E-state index contributed by atoms with van der Waals surface area (Å²) < 4.78 is 12.3. The van der Waals surface area contributed by atoms with Gasteiger partial charge in [-0.05, 0) is 54.3 Å². The van der Waals surface area contributed by atoms with E-state index < -0.39 is 0 Å². The van der Waals surface area contributed by atoms with Gasteiger partial charge in [0, 0.05) is 24.3 Å². The summed E-state index contributed by atoms with van der Waals surface area (Å²) in [6.07, 6.45) is 1.18. The van der Waals surface area contributed by atoms with Gasteiger partial charge in [0.25, 0.3) is 5.91 Å². The second-order valence-corrected chi connectivity index (χ2v) is 10.6. The third kappa shape index (κ3) is 6.81. The van der Waals surface area contributed by atoms with Crippen molar-refractivity contribution < 1.29 is 23.9 Å². The first-order valence-electron chi connectivity index (χ1n) is 13.4. The van der Waals surface area contributed by atoms with E-state index >= 15 is 0 Å². The van der Waals surface area contributed by atoms with Gasteiger partial charge in [0.15, 0.2) is 0 Å². The van der Waals surface area contributed by atoms with Crippen molar-refractivity contribution >= 4 is 35.0 Å². The number of carbonyl (C=O) groups is 3. The molecule has 0 saturated carbocycles. The van der Waals surface area contributed by atoms with Crippen molar-refractivity contribution in [2.75, 3.05) is 19.0 Å². The van der Waals surface area contributed by atoms with Gasteiger partial charge in [-0.15, -0.1) is 0 Å². The van der Waals surface area contributed by atoms with Crippen LogP contribution < -0.4 is 15.4 Å². The molecule has 2 aliphatic rings. The first-order valence-corrected chi connectivity index (χ1v) is 13.8. The predicted molar refractivity (Wildman–Crippen MR) is 152 cm³/mol. The van der Waals surface area contributed by atoms with Crippen LogP contribution in [0.2, 0.25) is 5.02 Å². The number of anilines is 1. The fraction of sp³-hybridized carbons (Fsp3) is 0.323. The van der Waals surface area contributed by atoms with Crippen LogP contribution in [-0.4, -0.2) is 54.5 Å². The highest BCUT2D eigenvalue weighted by Crippen LogP contribution is 2.32. The third-order valence-corrected chi connectivity index (χ3v) is 7.57. The fourth-order valence-corrected chi connectivity index (χ4v) is 5.30. The van der Waals surface area contributed by atoms with Crippen molar-refractivity contribution in [1.82, 2.24) is 10.2 Å². The van der Waals surface area contributed by atoms with Gasteiger partial charge in [-0.3, -0.25) is 14.4 Å². The molecule has 0 unspecified atom stereocenters. The lowest BCUT2D eigenvalue weighted by molar-refractivity contribution is -0.134. The van der Waals surface area contributed by atoms with Crippen molar-refractivity contribution in [3.05, 3.63) is 94.5 Å². The van der Waals surface area contributed by atoms with Crippen LogP contribution in [0.1, 0.15) is 40.7 Å². The molecule has 3 atom stereocenters. The first-order chi connectivity index (χ1) is 19.4. The Balaban J connectivity index is 1.19. The average molecular weight is 562 g/mol. The summed E-state index contributed by atoms with van der Waals surface area (Å²) in [6, 6.07) is 21.7. The number of ether oxygens (including phenoxy) is 2. The van der Waals surface area contributed by atoms with Gasteiger partial charge in [-0.1, -0.05) is 54.1 Å². The minimum Gasteiger partial charge on any atom is -0.490 e. The van der Waals surface area contributed by atoms with E-state index in [4.69, 9.17) is 21.1 Å². The minimum absolute atomic E-state index is 0.0956. The van der Waals surface area contributed by atoms with E-state index in [0.29, 0.717) is 41.4 Å². The Labute approximate surface area is 238 Å². The van der Waals surface area contributed by atoms with Crippen LogP contribution in [-0.2, 0) is 27.3 Å². The van der Waals surface area contributed by atoms with Crippen LogP contribution in [0.4, 0.5) is 5.69 Å². The summed E-state index contributed by atoms with van der Waals surface area (Å²) in [4.78, 5) is 40.3. The van der Waals surface area contributed by atoms with E-state index in [1.54, 1.807) is 42.3 Å². The molecule has 0 aromatic heterocycles. The zero-order valence-electron chi connectivity index (χ0n) is 22.3. The van der Waals surface area contributed by atoms with Crippen LogP contribution in [0.25, 0.3) is 0 Å². The monoisotopic (exact) mass is 561 g/mol. The van der Waals surface area contributed by atoms with E-state index in [2.05, 4.69) is 10.6 Å². The maximum absolute atomic E-state index is 13.5. The molecule has 3 amide bonds. The predicted octanol–water partition coefficient (Wildman–Crippen LogP) is 4.61. The molecule has 3 aromatic carbocycles. The van der Waals surface area contributed by atoms with Crippen LogP contribution in [0, 0.1) is 0 Å². The Hall–Kier alpha value is -3.88. The summed E-state index contributed by atoms with van der Waals surface area (Å²) in [7, 11) is 1.76. The van der Waals surface area contributed by atoms with Gasteiger partial charge in [0.1, 0.15) is 18.5 Å². The number of fused-ring (bicyclic) bond motifs is 2. The molecular weight excluding hydrogens is 530 g/mol. The lowest BCUT2D eigenvalue weighted by Gasteiger charge is -2.42. The number of nitrogens with zero attached hydrogens (tertiary/aromatic N) is 1. The molecule has 2 aliphatic heterocycles. The normalized spacial score (nSPS) is 20.3. The number of halogens is 1. The third-order valence-electron chi connectivity index (χ3n) is 7.32. The largest absolute Gasteiger partial charge is 0.490 e. The van der Waals surface area contributed by atoms with E-state index in [9.17, 15) is 14.4 Å². The number of likely N-dealkylation sites (N-methyl/N-ethyl adjacent to an activating group) is 1. The van der Waals surface area contributed by atoms with E-state index in [1.807, 2.05) is 42.5 Å². The maximum atomic E-state index is 13.5. The fourth-order valence-electron chi connectivity index (χ4n) is 5.17. The smallest absolute Gasteiger partial charge is 0.257 e. The van der Waals surface area contributed by atoms with Crippen molar-refractivity contribution in [3.63, 3.8) is 0 Å². The van der Waals surface area contributed by atoms with Gasteiger partial charge in [0.05, 0.1) is 30.6 Å². The molecule has 0 aliphatic carbocycles. The lowest BCUT2D eigenvalue weighted by Crippen LogP contribution is -2.53. The second kappa shape index (κ2) is 12.5. The number of amides is 3. The minimum atomic E-state index is -0.366. The molecule has 9 heteroatoms. The van der Waals surface area contributed by atoms with E-state index in [1.165, 1.54) is 0 Å². The lowest BCUT2D eigenvalue weighted by atomic mass is 9.94. The van der Waals surface area contributed by atoms with Gasteiger partial charge >= 0.3 is 0 Å². The summed E-state index contributed by atoms with van der Waals surface area (Å²) in [5.41, 5.74) is 2.80. The van der Waals surface area contributed by atoms with Crippen molar-refractivity contribution in [2.45, 2.75) is 50.5 Å². The molecule has 0 radical (unpaired) electrons. The quantitative estimate of drug-likeness (QED) is 0.439. The molecular formula is C31H32ClN3O5. The Morgan fingerprint density at radius 1 is 0.975 bits per heavy atom. The number of carbonyl (C=O) groups excluding carboxylic acids is 3. The molecule has 1 fully saturated rings. The second-order valence-electron chi connectivity index (χ2n) is 10.2. The van der Waals surface area contributed by atoms with Gasteiger partial charge in [-0.25, -0.2) is 0 Å². The Kier molecular flexibility index (Phi) is 8.67. The number of hydrogen-bond acceptors (Lipinski definition) is 5. The molecule has 1 saturated heterocycles. The average Bonchev–Trinajstić information content (AvgIpc) is 2.95. The van der Waals surface area contributed by atoms with Crippen molar-refractivity contribution in [1.29, 1.82) is 0 Å². The summed E-state index contributed by atoms with van der Waals surface area (Å²) in [5, 5.41) is 6.47. The van der Waals surface area contributed by atoms with Crippen LogP contribution >= 0.6 is 11.6 Å². The zero-order chi connectivity index (χ0) is 28.1. The van der Waals surface area contributed by atoms with Gasteiger partial charge < -0.3 is 25.0 Å². The van der Waals surface area contributed by atoms with Crippen molar-refractivity contribution in [2.24, 2.45) is 0 Å². The Morgan fingerprint density at radius 3 is 2.52 bits per heavy atom. The summed E-state index contributed by atoms with van der Waals surface area (Å²) >= 11 is 5.92. The number of nitrogens with one attached hydrogen (secondary N) is 2. The maximum Gasteiger partial charge on any atom is 0.257 e. The molecule has 40 heavy (non-hydrogen) atoms. The van der Waals surface area contributed by atoms with Crippen molar-refractivity contribution in [3.8, 4) is 5.75 Å². The summed E-state index contributed by atoms with van der Waals surface area (Å²) in [5.74, 6) is -0.0288. The number of hydrogen-bond donors (Lipinski definition) is 2. The Bertz CT molecular complexity index is 1370. The number of benzene rings is 3. The molecule has 0 spiro atoms. The standard InChI is InChI=1S/C31H32ClN3O5/c1-35-26-13-12-24(17-29(36)33-18-21-7-9-22(32)10-8-21)40-28(26)19-39-27-14-11-23(16-25(27)31(35)38)34-30(37)15-20-5-3-2-4-6-20/h2-11,14,16,24,26,28H,12-13,15,17-19H2,1H3,(H,33,36)(H,34,37)/t24-,26+,28-/m1/s1. The topological polar surface area (TPSA) is 97.0 Å². The van der Waals surface area contributed by atoms with Crippen LogP contribution in [0.3, 0.4) is 0 Å². The Morgan fingerprint density at radius 2 is 1.75 bits per heavy atom. The zero-order valence-corrected chi connectivity index (χ0v) is 23.0. The van der Waals surface area contributed by atoms with Gasteiger partial charge in [0.2, 0.25) is 11.8 Å². The molecule has 8 nitrogen and oxygen atoms in total. The molecule has 2 heterocycles. The van der Waals surface area contributed by atoms with E-state index in [0.717, 1.165) is 11.1 Å². The van der Waals surface area contributed by atoms with Crippen LogP contribution in [0.15, 0.2) is 72.8 Å². The highest BCUT2D eigenvalue weighted by atomic mass is 35.5. The molecule has 5 rings (SSSR count). The molecule has 0 bridgehead atoms.